The second-order valence-corrected chi connectivity index (χ2v) is 5.21. The molecule has 0 aromatic heterocycles. The molecule has 0 saturated heterocycles. The van der Waals surface area contributed by atoms with E-state index in [0.29, 0.717) is 0 Å². The smallest absolute Gasteiger partial charge is 0.164 e. The van der Waals surface area contributed by atoms with Crippen LogP contribution in [0.25, 0.3) is 0 Å². The molecule has 0 heterocycles. The van der Waals surface area contributed by atoms with Crippen LogP contribution >= 0.6 is 0 Å². The van der Waals surface area contributed by atoms with Crippen molar-refractivity contribution in [2.75, 3.05) is 14.2 Å². The highest BCUT2D eigenvalue weighted by atomic mass is 16.5. The van der Waals surface area contributed by atoms with Gasteiger partial charge in [0, 0.05) is 11.1 Å². The van der Waals surface area contributed by atoms with E-state index < -0.39 is 0 Å². The van der Waals surface area contributed by atoms with Crippen molar-refractivity contribution in [2.24, 2.45) is 5.73 Å². The first kappa shape index (κ1) is 13.8. The van der Waals surface area contributed by atoms with Crippen molar-refractivity contribution in [3.8, 4) is 11.5 Å². The van der Waals surface area contributed by atoms with Gasteiger partial charge < -0.3 is 15.2 Å². The summed E-state index contributed by atoms with van der Waals surface area (Å²) in [5.41, 5.74) is 9.22. The number of ether oxygens (including phenoxy) is 2. The Morgan fingerprint density at radius 3 is 2.06 bits per heavy atom. The van der Waals surface area contributed by atoms with E-state index in [2.05, 4.69) is 13.0 Å². The average Bonchev–Trinajstić information content (AvgIpc) is 2.20. The quantitative estimate of drug-likeness (QED) is 0.875. The number of benzene rings is 1. The molecule has 0 radical (unpaired) electrons. The van der Waals surface area contributed by atoms with Gasteiger partial charge >= 0.3 is 0 Å². The fraction of sp³-hybridized carbons (Fsp3) is 0.571. The summed E-state index contributed by atoms with van der Waals surface area (Å²) in [6.07, 6.45) is 0.758. The molecule has 2 N–H and O–H groups in total. The zero-order chi connectivity index (χ0) is 13.2. The maximum absolute atomic E-state index is 6.07. The van der Waals surface area contributed by atoms with Gasteiger partial charge in [-0.05, 0) is 45.2 Å². The summed E-state index contributed by atoms with van der Waals surface area (Å²) in [6, 6.07) is 2.13. The first-order valence-corrected chi connectivity index (χ1v) is 5.80. The van der Waals surface area contributed by atoms with Crippen LogP contribution in [0.1, 0.15) is 30.5 Å². The molecule has 0 spiro atoms. The lowest BCUT2D eigenvalue weighted by Crippen LogP contribution is -2.34. The molecule has 0 amide bonds. The molecule has 0 unspecified atom stereocenters. The number of methoxy groups -OCH3 is 2. The molecule has 0 bridgehead atoms. The van der Waals surface area contributed by atoms with Gasteiger partial charge in [-0.3, -0.25) is 0 Å². The number of rotatable bonds is 4. The van der Waals surface area contributed by atoms with Crippen LogP contribution in [0.15, 0.2) is 6.07 Å². The number of aryl methyl sites for hydroxylation is 1. The third-order valence-electron chi connectivity index (χ3n) is 2.88. The molecule has 0 aliphatic heterocycles. The van der Waals surface area contributed by atoms with Gasteiger partial charge in [-0.15, -0.1) is 0 Å². The number of nitrogens with two attached hydrogens (primary N) is 1. The Morgan fingerprint density at radius 2 is 1.65 bits per heavy atom. The molecule has 1 aromatic rings. The third-order valence-corrected chi connectivity index (χ3v) is 2.88. The average molecular weight is 237 g/mol. The van der Waals surface area contributed by atoms with E-state index >= 15 is 0 Å². The molecule has 0 aliphatic rings. The molecule has 0 saturated carbocycles. The summed E-state index contributed by atoms with van der Waals surface area (Å²) in [5.74, 6) is 1.61. The SMILES string of the molecule is COc1c(CC(C)(C)N)cc(C)c(C)c1OC. The van der Waals surface area contributed by atoms with Crippen molar-refractivity contribution >= 4 is 0 Å². The molecule has 3 nitrogen and oxygen atoms in total. The lowest BCUT2D eigenvalue weighted by atomic mass is 9.92. The first-order chi connectivity index (χ1) is 7.80. The second-order valence-electron chi connectivity index (χ2n) is 5.21. The van der Waals surface area contributed by atoms with Crippen LogP contribution in [-0.4, -0.2) is 19.8 Å². The predicted molar refractivity (Wildman–Crippen MR) is 71.0 cm³/mol. The largest absolute Gasteiger partial charge is 0.493 e. The van der Waals surface area contributed by atoms with Crippen molar-refractivity contribution in [2.45, 2.75) is 39.7 Å². The van der Waals surface area contributed by atoms with E-state index in [4.69, 9.17) is 15.2 Å². The molecule has 1 rings (SSSR count). The van der Waals surface area contributed by atoms with E-state index in [1.165, 1.54) is 5.56 Å². The summed E-state index contributed by atoms with van der Waals surface area (Å²) in [7, 11) is 3.33. The van der Waals surface area contributed by atoms with Crippen LogP contribution in [0.4, 0.5) is 0 Å². The fourth-order valence-corrected chi connectivity index (χ4v) is 2.02. The van der Waals surface area contributed by atoms with Gasteiger partial charge in [-0.25, -0.2) is 0 Å². The van der Waals surface area contributed by atoms with Crippen LogP contribution in [0.2, 0.25) is 0 Å². The van der Waals surface area contributed by atoms with Gasteiger partial charge in [0.1, 0.15) is 0 Å². The van der Waals surface area contributed by atoms with Crippen LogP contribution < -0.4 is 15.2 Å². The summed E-state index contributed by atoms with van der Waals surface area (Å²) in [6.45, 7) is 8.13. The van der Waals surface area contributed by atoms with E-state index in [9.17, 15) is 0 Å². The van der Waals surface area contributed by atoms with Crippen molar-refractivity contribution in [1.29, 1.82) is 0 Å². The van der Waals surface area contributed by atoms with E-state index in [0.717, 1.165) is 29.0 Å². The highest BCUT2D eigenvalue weighted by Gasteiger charge is 2.20. The fourth-order valence-electron chi connectivity index (χ4n) is 2.02. The Kier molecular flexibility index (Phi) is 4.04. The zero-order valence-corrected chi connectivity index (χ0v) is 11.7. The van der Waals surface area contributed by atoms with Gasteiger partial charge in [-0.1, -0.05) is 6.07 Å². The van der Waals surface area contributed by atoms with E-state index in [-0.39, 0.29) is 5.54 Å². The lowest BCUT2D eigenvalue weighted by molar-refractivity contribution is 0.346. The second kappa shape index (κ2) is 4.96. The lowest BCUT2D eigenvalue weighted by Gasteiger charge is -2.23. The Labute approximate surface area is 104 Å². The topological polar surface area (TPSA) is 44.5 Å². The maximum Gasteiger partial charge on any atom is 0.164 e. The van der Waals surface area contributed by atoms with Gasteiger partial charge in [0.25, 0.3) is 0 Å². The van der Waals surface area contributed by atoms with Crippen LogP contribution in [0, 0.1) is 13.8 Å². The summed E-state index contributed by atoms with van der Waals surface area (Å²) >= 11 is 0. The predicted octanol–water partition coefficient (Wildman–Crippen LogP) is 2.60. The zero-order valence-electron chi connectivity index (χ0n) is 11.7. The minimum atomic E-state index is -0.264. The maximum atomic E-state index is 6.07. The summed E-state index contributed by atoms with van der Waals surface area (Å²) in [5, 5.41) is 0. The monoisotopic (exact) mass is 237 g/mol. The molecular formula is C14H23NO2. The van der Waals surface area contributed by atoms with Gasteiger partial charge in [-0.2, -0.15) is 0 Å². The van der Waals surface area contributed by atoms with E-state index in [1.54, 1.807) is 14.2 Å². The number of hydrogen-bond acceptors (Lipinski definition) is 3. The Bertz CT molecular complexity index is 406. The Hall–Kier alpha value is -1.22. The van der Waals surface area contributed by atoms with Gasteiger partial charge in [0.2, 0.25) is 0 Å². The van der Waals surface area contributed by atoms with Crippen molar-refractivity contribution in [3.63, 3.8) is 0 Å². The molecule has 0 fully saturated rings. The minimum Gasteiger partial charge on any atom is -0.493 e. The van der Waals surface area contributed by atoms with Crippen LogP contribution in [0.5, 0.6) is 11.5 Å². The molecule has 3 heteroatoms. The van der Waals surface area contributed by atoms with Crippen LogP contribution in [0.3, 0.4) is 0 Å². The molecule has 1 aromatic carbocycles. The van der Waals surface area contributed by atoms with Crippen molar-refractivity contribution < 1.29 is 9.47 Å². The minimum absolute atomic E-state index is 0.264. The van der Waals surface area contributed by atoms with Crippen molar-refractivity contribution in [3.05, 3.63) is 22.8 Å². The summed E-state index contributed by atoms with van der Waals surface area (Å²) < 4.78 is 10.9. The van der Waals surface area contributed by atoms with Crippen LogP contribution in [-0.2, 0) is 6.42 Å². The highest BCUT2D eigenvalue weighted by molar-refractivity contribution is 5.55. The molecular weight excluding hydrogens is 214 g/mol. The van der Waals surface area contributed by atoms with E-state index in [1.807, 2.05) is 20.8 Å². The third kappa shape index (κ3) is 3.13. The standard InChI is InChI=1S/C14H23NO2/c1-9-7-11(8-14(3,4)15)13(17-6)12(16-5)10(9)2/h7H,8,15H2,1-6H3. The molecule has 96 valence electrons. The summed E-state index contributed by atoms with van der Waals surface area (Å²) in [4.78, 5) is 0. The molecule has 17 heavy (non-hydrogen) atoms. The Balaban J connectivity index is 3.34. The Morgan fingerprint density at radius 1 is 1.12 bits per heavy atom. The molecule has 0 aliphatic carbocycles. The normalized spacial score (nSPS) is 11.5. The number of hydrogen-bond donors (Lipinski definition) is 1. The first-order valence-electron chi connectivity index (χ1n) is 5.80. The molecule has 0 atom stereocenters. The van der Waals surface area contributed by atoms with Gasteiger partial charge in [0.15, 0.2) is 11.5 Å². The van der Waals surface area contributed by atoms with Crippen molar-refractivity contribution in [1.82, 2.24) is 0 Å². The van der Waals surface area contributed by atoms with Gasteiger partial charge in [0.05, 0.1) is 14.2 Å². The highest BCUT2D eigenvalue weighted by Crippen LogP contribution is 2.37.